The summed E-state index contributed by atoms with van der Waals surface area (Å²) in [6, 6.07) is 18.3. The lowest BCUT2D eigenvalue weighted by Gasteiger charge is -2.04. The first-order valence-electron chi connectivity index (χ1n) is 6.74. The van der Waals surface area contributed by atoms with Gasteiger partial charge in [0.15, 0.2) is 0 Å². The van der Waals surface area contributed by atoms with Gasteiger partial charge in [0.1, 0.15) is 11.3 Å². The maximum absolute atomic E-state index is 5.76. The van der Waals surface area contributed by atoms with Crippen molar-refractivity contribution in [1.82, 2.24) is 0 Å². The summed E-state index contributed by atoms with van der Waals surface area (Å²) < 4.78 is 5.76. The molecule has 0 saturated heterocycles. The van der Waals surface area contributed by atoms with Gasteiger partial charge in [-0.25, -0.2) is 0 Å². The highest BCUT2D eigenvalue weighted by Crippen LogP contribution is 2.24. The van der Waals surface area contributed by atoms with Gasteiger partial charge >= 0.3 is 0 Å². The van der Waals surface area contributed by atoms with Gasteiger partial charge in [0.2, 0.25) is 0 Å². The smallest absolute Gasteiger partial charge is 0.138 e. The van der Waals surface area contributed by atoms with Crippen LogP contribution < -0.4 is 0 Å². The first-order valence-corrected chi connectivity index (χ1v) is 6.74. The van der Waals surface area contributed by atoms with Crippen LogP contribution in [0.15, 0.2) is 46.9 Å². The molecule has 0 N–H and O–H groups in total. The molecule has 0 saturated carbocycles. The van der Waals surface area contributed by atoms with Gasteiger partial charge < -0.3 is 4.42 Å². The normalized spacial score (nSPS) is 11.1. The van der Waals surface area contributed by atoms with Crippen LogP contribution in [0.3, 0.4) is 0 Å². The molecule has 0 fully saturated rings. The molecule has 95 valence electrons. The van der Waals surface area contributed by atoms with Gasteiger partial charge in [0, 0.05) is 17.9 Å². The Hall–Kier alpha value is -2.02. The summed E-state index contributed by atoms with van der Waals surface area (Å²) in [5.41, 5.74) is 4.90. The summed E-state index contributed by atoms with van der Waals surface area (Å²) in [6.07, 6.45) is 1.99. The SMILES string of the molecule is CCc1ccc(Cc2cccc3[c]c(C)oc23)cc1. The Balaban J connectivity index is 1.95. The molecule has 2 aromatic carbocycles. The molecular formula is C18H17O. The first kappa shape index (κ1) is 12.0. The highest BCUT2D eigenvalue weighted by Gasteiger charge is 2.07. The monoisotopic (exact) mass is 249 g/mol. The van der Waals surface area contributed by atoms with E-state index in [1.54, 1.807) is 0 Å². The van der Waals surface area contributed by atoms with Crippen molar-refractivity contribution >= 4 is 11.0 Å². The summed E-state index contributed by atoms with van der Waals surface area (Å²) >= 11 is 0. The number of rotatable bonds is 3. The van der Waals surface area contributed by atoms with E-state index in [0.29, 0.717) is 0 Å². The molecule has 0 amide bonds. The van der Waals surface area contributed by atoms with Gasteiger partial charge in [-0.05, 0) is 30.0 Å². The van der Waals surface area contributed by atoms with Crippen molar-refractivity contribution in [2.24, 2.45) is 0 Å². The Morgan fingerprint density at radius 2 is 1.74 bits per heavy atom. The van der Waals surface area contributed by atoms with E-state index in [9.17, 15) is 0 Å². The average Bonchev–Trinajstić information content (AvgIpc) is 2.81. The number of hydrogen-bond acceptors (Lipinski definition) is 1. The molecule has 0 aliphatic rings. The standard InChI is InChI=1S/C18H17O/c1-3-14-7-9-15(10-8-14)12-17-6-4-5-16-11-13(2)19-18(16)17/h4-10H,3,12H2,1-2H3. The lowest BCUT2D eigenvalue weighted by molar-refractivity contribution is 0.574. The van der Waals surface area contributed by atoms with Crippen molar-refractivity contribution in [3.8, 4) is 0 Å². The zero-order valence-electron chi connectivity index (χ0n) is 11.4. The van der Waals surface area contributed by atoms with Crippen LogP contribution in [-0.4, -0.2) is 0 Å². The van der Waals surface area contributed by atoms with E-state index in [4.69, 9.17) is 4.42 Å². The van der Waals surface area contributed by atoms with E-state index < -0.39 is 0 Å². The highest BCUT2D eigenvalue weighted by molar-refractivity contribution is 5.80. The van der Waals surface area contributed by atoms with Crippen LogP contribution in [-0.2, 0) is 12.8 Å². The summed E-state index contributed by atoms with van der Waals surface area (Å²) in [5.74, 6) is 0.851. The third-order valence-corrected chi connectivity index (χ3v) is 3.49. The Bertz CT molecular complexity index is 689. The number of aryl methyl sites for hydroxylation is 2. The Labute approximate surface area is 113 Å². The molecule has 1 heteroatoms. The average molecular weight is 249 g/mol. The largest absolute Gasteiger partial charge is 0.460 e. The second-order valence-electron chi connectivity index (χ2n) is 4.92. The quantitative estimate of drug-likeness (QED) is 0.656. The van der Waals surface area contributed by atoms with Gasteiger partial charge in [0.25, 0.3) is 0 Å². The summed E-state index contributed by atoms with van der Waals surface area (Å²) in [5, 5.41) is 1.07. The molecule has 1 aromatic heterocycles. The molecule has 3 rings (SSSR count). The van der Waals surface area contributed by atoms with E-state index in [2.05, 4.69) is 55.5 Å². The Morgan fingerprint density at radius 1 is 1.00 bits per heavy atom. The number of para-hydroxylation sites is 1. The third-order valence-electron chi connectivity index (χ3n) is 3.49. The second-order valence-corrected chi connectivity index (χ2v) is 4.92. The maximum Gasteiger partial charge on any atom is 0.138 e. The fourth-order valence-corrected chi connectivity index (χ4v) is 2.42. The predicted molar refractivity (Wildman–Crippen MR) is 78.4 cm³/mol. The van der Waals surface area contributed by atoms with Crippen molar-refractivity contribution in [2.75, 3.05) is 0 Å². The van der Waals surface area contributed by atoms with Crippen LogP contribution >= 0.6 is 0 Å². The Kier molecular flexibility index (Phi) is 3.12. The van der Waals surface area contributed by atoms with Crippen LogP contribution in [0.25, 0.3) is 11.0 Å². The number of hydrogen-bond donors (Lipinski definition) is 0. The number of fused-ring (bicyclic) bond motifs is 1. The van der Waals surface area contributed by atoms with Gasteiger partial charge in [0.05, 0.1) is 0 Å². The molecule has 0 aliphatic heterocycles. The minimum atomic E-state index is 0.851. The minimum Gasteiger partial charge on any atom is -0.460 e. The van der Waals surface area contributed by atoms with E-state index in [0.717, 1.165) is 29.6 Å². The van der Waals surface area contributed by atoms with E-state index in [-0.39, 0.29) is 0 Å². The maximum atomic E-state index is 5.76. The van der Waals surface area contributed by atoms with Crippen LogP contribution in [0.2, 0.25) is 0 Å². The molecular weight excluding hydrogens is 232 g/mol. The molecule has 0 bridgehead atoms. The van der Waals surface area contributed by atoms with E-state index in [1.165, 1.54) is 16.7 Å². The van der Waals surface area contributed by atoms with Crippen LogP contribution in [0.5, 0.6) is 0 Å². The molecule has 1 radical (unpaired) electrons. The van der Waals surface area contributed by atoms with Crippen molar-refractivity contribution in [2.45, 2.75) is 26.7 Å². The van der Waals surface area contributed by atoms with E-state index in [1.807, 2.05) is 6.92 Å². The van der Waals surface area contributed by atoms with Crippen molar-refractivity contribution in [3.05, 3.63) is 71.0 Å². The fourth-order valence-electron chi connectivity index (χ4n) is 2.42. The molecule has 0 unspecified atom stereocenters. The van der Waals surface area contributed by atoms with Gasteiger partial charge in [-0.15, -0.1) is 0 Å². The second kappa shape index (κ2) is 4.93. The molecule has 3 aromatic rings. The fraction of sp³-hybridized carbons (Fsp3) is 0.222. The van der Waals surface area contributed by atoms with Gasteiger partial charge in [-0.2, -0.15) is 0 Å². The zero-order chi connectivity index (χ0) is 13.2. The van der Waals surface area contributed by atoms with Crippen LogP contribution in [0.4, 0.5) is 0 Å². The molecule has 0 spiro atoms. The topological polar surface area (TPSA) is 13.1 Å². The molecule has 0 aliphatic carbocycles. The Morgan fingerprint density at radius 3 is 2.47 bits per heavy atom. The molecule has 1 heterocycles. The lowest BCUT2D eigenvalue weighted by Crippen LogP contribution is -1.89. The van der Waals surface area contributed by atoms with Crippen molar-refractivity contribution in [3.63, 3.8) is 0 Å². The van der Waals surface area contributed by atoms with Crippen molar-refractivity contribution in [1.29, 1.82) is 0 Å². The third kappa shape index (κ3) is 2.41. The number of furan rings is 1. The predicted octanol–water partition coefficient (Wildman–Crippen LogP) is 4.69. The first-order chi connectivity index (χ1) is 9.26. The van der Waals surface area contributed by atoms with Crippen LogP contribution in [0.1, 0.15) is 29.4 Å². The van der Waals surface area contributed by atoms with Crippen LogP contribution in [0, 0.1) is 13.0 Å². The summed E-state index contributed by atoms with van der Waals surface area (Å²) in [4.78, 5) is 0. The molecule has 19 heavy (non-hydrogen) atoms. The summed E-state index contributed by atoms with van der Waals surface area (Å²) in [7, 11) is 0. The number of benzene rings is 2. The van der Waals surface area contributed by atoms with Gasteiger partial charge in [-0.1, -0.05) is 49.4 Å². The molecule has 1 nitrogen and oxygen atoms in total. The lowest BCUT2D eigenvalue weighted by atomic mass is 10.0. The molecule has 0 atom stereocenters. The highest BCUT2D eigenvalue weighted by atomic mass is 16.3. The minimum absolute atomic E-state index is 0.851. The zero-order valence-corrected chi connectivity index (χ0v) is 11.4. The van der Waals surface area contributed by atoms with Gasteiger partial charge in [-0.3, -0.25) is 0 Å². The van der Waals surface area contributed by atoms with Crippen molar-refractivity contribution < 1.29 is 4.42 Å². The van der Waals surface area contributed by atoms with E-state index >= 15 is 0 Å². The summed E-state index contributed by atoms with van der Waals surface area (Å²) in [6.45, 7) is 4.12.